The summed E-state index contributed by atoms with van der Waals surface area (Å²) in [4.78, 5) is 16.5. The lowest BCUT2D eigenvalue weighted by molar-refractivity contribution is -0.112. The summed E-state index contributed by atoms with van der Waals surface area (Å²) >= 11 is 7.24. The Kier molecular flexibility index (Phi) is 5.74. The van der Waals surface area contributed by atoms with Crippen LogP contribution in [0.15, 0.2) is 80.9 Å². The van der Waals surface area contributed by atoms with Crippen molar-refractivity contribution in [3.63, 3.8) is 0 Å². The number of furan rings is 1. The van der Waals surface area contributed by atoms with Crippen molar-refractivity contribution in [2.45, 2.75) is 10.1 Å². The van der Waals surface area contributed by atoms with E-state index in [4.69, 9.17) is 16.0 Å². The smallest absolute Gasteiger partial charge is 0.266 e. The van der Waals surface area contributed by atoms with Gasteiger partial charge in [-0.2, -0.15) is 5.26 Å². The van der Waals surface area contributed by atoms with Gasteiger partial charge in [0.1, 0.15) is 22.4 Å². The first-order chi connectivity index (χ1) is 12.6. The average Bonchev–Trinajstić information content (AvgIpc) is 3.07. The second-order valence-electron chi connectivity index (χ2n) is 5.06. The number of rotatable bonds is 5. The molecule has 0 saturated carbocycles. The van der Waals surface area contributed by atoms with Crippen LogP contribution in [0.25, 0.3) is 6.08 Å². The molecule has 0 saturated heterocycles. The molecule has 3 aromatic rings. The lowest BCUT2D eigenvalue weighted by Gasteiger charge is -2.04. The number of carbonyl (C=O) groups is 1. The fourth-order valence-corrected chi connectivity index (χ4v) is 2.96. The van der Waals surface area contributed by atoms with Gasteiger partial charge >= 0.3 is 0 Å². The minimum Gasteiger partial charge on any atom is -0.450 e. The van der Waals surface area contributed by atoms with Gasteiger partial charge in [-0.05, 0) is 54.2 Å². The van der Waals surface area contributed by atoms with Crippen molar-refractivity contribution in [1.82, 2.24) is 4.98 Å². The molecule has 0 unspecified atom stereocenters. The Balaban J connectivity index is 1.72. The summed E-state index contributed by atoms with van der Waals surface area (Å²) in [5, 5.41) is 13.8. The van der Waals surface area contributed by atoms with Crippen LogP contribution in [0.2, 0.25) is 5.02 Å². The third kappa shape index (κ3) is 4.76. The summed E-state index contributed by atoms with van der Waals surface area (Å²) in [6, 6.07) is 17.6. The van der Waals surface area contributed by atoms with Gasteiger partial charge in [-0.1, -0.05) is 23.7 Å². The number of pyridine rings is 1. The maximum Gasteiger partial charge on any atom is 0.266 e. The van der Waals surface area contributed by atoms with E-state index in [-0.39, 0.29) is 5.57 Å². The Morgan fingerprint density at radius 2 is 2.12 bits per heavy atom. The molecule has 0 atom stereocenters. The van der Waals surface area contributed by atoms with E-state index in [1.165, 1.54) is 17.8 Å². The number of anilines is 1. The van der Waals surface area contributed by atoms with Gasteiger partial charge in [-0.3, -0.25) is 4.79 Å². The largest absolute Gasteiger partial charge is 0.450 e. The van der Waals surface area contributed by atoms with Gasteiger partial charge < -0.3 is 9.73 Å². The molecule has 2 heterocycles. The molecule has 0 spiro atoms. The van der Waals surface area contributed by atoms with Crippen LogP contribution < -0.4 is 5.32 Å². The van der Waals surface area contributed by atoms with Crippen LogP contribution in [0, 0.1) is 11.3 Å². The van der Waals surface area contributed by atoms with E-state index in [0.717, 1.165) is 5.03 Å². The SMILES string of the molecule is N#C/C(=C\c1ccc(Sc2ccccn2)o1)C(=O)Nc1cccc(Cl)c1. The van der Waals surface area contributed by atoms with Crippen LogP contribution in [0.5, 0.6) is 0 Å². The average molecular weight is 382 g/mol. The second-order valence-corrected chi connectivity index (χ2v) is 6.52. The van der Waals surface area contributed by atoms with Crippen LogP contribution in [-0.2, 0) is 4.79 Å². The fraction of sp³-hybridized carbons (Fsp3) is 0. The van der Waals surface area contributed by atoms with Gasteiger partial charge in [-0.25, -0.2) is 4.98 Å². The molecule has 0 fully saturated rings. The highest BCUT2D eigenvalue weighted by Gasteiger charge is 2.11. The topological polar surface area (TPSA) is 78.9 Å². The number of nitrogens with one attached hydrogen (secondary N) is 1. The van der Waals surface area contributed by atoms with Gasteiger partial charge in [-0.15, -0.1) is 0 Å². The molecular weight excluding hydrogens is 370 g/mol. The first kappa shape index (κ1) is 17.8. The molecule has 128 valence electrons. The van der Waals surface area contributed by atoms with Crippen molar-refractivity contribution in [2.24, 2.45) is 0 Å². The first-order valence-electron chi connectivity index (χ1n) is 7.51. The number of amides is 1. The molecule has 0 bridgehead atoms. The predicted molar refractivity (Wildman–Crippen MR) is 101 cm³/mol. The Bertz CT molecular complexity index is 993. The fourth-order valence-electron chi connectivity index (χ4n) is 2.03. The number of hydrogen-bond donors (Lipinski definition) is 1. The third-order valence-electron chi connectivity index (χ3n) is 3.18. The number of nitriles is 1. The summed E-state index contributed by atoms with van der Waals surface area (Å²) in [5.41, 5.74) is 0.434. The first-order valence-corrected chi connectivity index (χ1v) is 8.71. The second kappa shape index (κ2) is 8.39. The molecule has 2 aromatic heterocycles. The van der Waals surface area contributed by atoms with Gasteiger partial charge in [0.25, 0.3) is 5.91 Å². The van der Waals surface area contributed by atoms with Gasteiger partial charge in [0, 0.05) is 23.0 Å². The van der Waals surface area contributed by atoms with Crippen molar-refractivity contribution in [2.75, 3.05) is 5.32 Å². The van der Waals surface area contributed by atoms with Crippen LogP contribution in [-0.4, -0.2) is 10.9 Å². The summed E-state index contributed by atoms with van der Waals surface area (Å²) < 4.78 is 5.63. The molecule has 1 amide bonds. The quantitative estimate of drug-likeness (QED) is 0.495. The van der Waals surface area contributed by atoms with Crippen molar-refractivity contribution in [1.29, 1.82) is 5.26 Å². The molecule has 0 radical (unpaired) electrons. The summed E-state index contributed by atoms with van der Waals surface area (Å²) in [7, 11) is 0. The monoisotopic (exact) mass is 381 g/mol. The molecule has 3 rings (SSSR count). The van der Waals surface area contributed by atoms with E-state index >= 15 is 0 Å². The van der Waals surface area contributed by atoms with E-state index in [9.17, 15) is 10.1 Å². The van der Waals surface area contributed by atoms with Crippen molar-refractivity contribution in [3.05, 3.63) is 77.2 Å². The zero-order valence-electron chi connectivity index (χ0n) is 13.3. The molecule has 1 aromatic carbocycles. The number of hydrogen-bond acceptors (Lipinski definition) is 5. The molecular formula is C19H12ClN3O2S. The highest BCUT2D eigenvalue weighted by Crippen LogP contribution is 2.28. The summed E-state index contributed by atoms with van der Waals surface area (Å²) in [5.74, 6) is -0.133. The van der Waals surface area contributed by atoms with E-state index in [0.29, 0.717) is 21.6 Å². The van der Waals surface area contributed by atoms with E-state index < -0.39 is 5.91 Å². The predicted octanol–water partition coefficient (Wildman–Crippen LogP) is 5.02. The standard InChI is InChI=1S/C19H12ClN3O2S/c20-14-4-3-5-15(11-14)23-19(24)13(12-21)10-16-7-8-18(25-16)26-17-6-1-2-9-22-17/h1-11H,(H,23,24)/b13-10+. The minimum absolute atomic E-state index is 0.0753. The molecule has 0 aliphatic carbocycles. The molecule has 1 N–H and O–H groups in total. The molecule has 7 heteroatoms. The maximum atomic E-state index is 12.3. The number of benzene rings is 1. The Morgan fingerprint density at radius 3 is 2.85 bits per heavy atom. The highest BCUT2D eigenvalue weighted by molar-refractivity contribution is 7.99. The Morgan fingerprint density at radius 1 is 1.23 bits per heavy atom. The normalized spacial score (nSPS) is 11.0. The highest BCUT2D eigenvalue weighted by atomic mass is 35.5. The number of nitrogens with zero attached hydrogens (tertiary/aromatic N) is 2. The van der Waals surface area contributed by atoms with Gasteiger partial charge in [0.15, 0.2) is 5.09 Å². The summed E-state index contributed by atoms with van der Waals surface area (Å²) in [6.45, 7) is 0. The van der Waals surface area contributed by atoms with Crippen LogP contribution in [0.1, 0.15) is 5.76 Å². The molecule has 0 aliphatic rings. The molecule has 5 nitrogen and oxygen atoms in total. The summed E-state index contributed by atoms with van der Waals surface area (Å²) in [6.07, 6.45) is 3.09. The van der Waals surface area contributed by atoms with Crippen molar-refractivity contribution >= 4 is 41.0 Å². The van der Waals surface area contributed by atoms with E-state index in [2.05, 4.69) is 10.3 Å². The minimum atomic E-state index is -0.537. The van der Waals surface area contributed by atoms with E-state index in [1.807, 2.05) is 24.3 Å². The molecule has 26 heavy (non-hydrogen) atoms. The number of aromatic nitrogens is 1. The number of halogens is 1. The van der Waals surface area contributed by atoms with Crippen LogP contribution in [0.4, 0.5) is 5.69 Å². The van der Waals surface area contributed by atoms with Gasteiger partial charge in [0.2, 0.25) is 0 Å². The third-order valence-corrected chi connectivity index (χ3v) is 4.29. The maximum absolute atomic E-state index is 12.3. The lowest BCUT2D eigenvalue weighted by Crippen LogP contribution is -2.13. The van der Waals surface area contributed by atoms with Crippen LogP contribution in [0.3, 0.4) is 0 Å². The Labute approximate surface area is 159 Å². The molecule has 0 aliphatic heterocycles. The lowest BCUT2D eigenvalue weighted by atomic mass is 10.2. The van der Waals surface area contributed by atoms with Crippen LogP contribution >= 0.6 is 23.4 Å². The Hall–Kier alpha value is -3.01. The van der Waals surface area contributed by atoms with Gasteiger partial charge in [0.05, 0.1) is 0 Å². The van der Waals surface area contributed by atoms with E-state index in [1.54, 1.807) is 42.6 Å². The van der Waals surface area contributed by atoms with Crippen molar-refractivity contribution < 1.29 is 9.21 Å². The zero-order valence-corrected chi connectivity index (χ0v) is 14.9. The number of carbonyl (C=O) groups excluding carboxylic acids is 1. The zero-order chi connectivity index (χ0) is 18.4. The van der Waals surface area contributed by atoms with Crippen molar-refractivity contribution in [3.8, 4) is 6.07 Å².